The van der Waals surface area contributed by atoms with Crippen molar-refractivity contribution in [1.82, 2.24) is 9.55 Å². The molecule has 31 heavy (non-hydrogen) atoms. The Labute approximate surface area is 182 Å². The summed E-state index contributed by atoms with van der Waals surface area (Å²) in [7, 11) is 0. The Balaban J connectivity index is 1.66. The number of carbonyl (C=O) groups is 2. The smallest absolute Gasteiger partial charge is 0.310 e. The number of carbonyl (C=O) groups excluding carboxylic acids is 2. The van der Waals surface area contributed by atoms with Gasteiger partial charge < -0.3 is 9.30 Å². The molecule has 2 atom stereocenters. The van der Waals surface area contributed by atoms with E-state index in [0.717, 1.165) is 30.1 Å². The van der Waals surface area contributed by atoms with Crippen molar-refractivity contribution in [2.75, 3.05) is 6.61 Å². The Morgan fingerprint density at radius 2 is 2.00 bits per heavy atom. The van der Waals surface area contributed by atoms with E-state index in [0.29, 0.717) is 31.7 Å². The number of hydrogen-bond acceptors (Lipinski definition) is 5. The molecule has 1 aromatic heterocycles. The van der Waals surface area contributed by atoms with Crippen LogP contribution in [0.15, 0.2) is 41.9 Å². The number of aryl methyl sites for hydroxylation is 1. The summed E-state index contributed by atoms with van der Waals surface area (Å²) in [6, 6.07) is 8.32. The minimum absolute atomic E-state index is 0.0810. The Hall–Kier alpha value is -3.02. The van der Waals surface area contributed by atoms with Gasteiger partial charge in [-0.2, -0.15) is 0 Å². The number of Topliss-reactive ketones (excluding diaryl/α,β-unsaturated/α-hetero) is 1. The standard InChI is InChI=1S/C25H27N3O3/c1-4-10-28-15(3)26-22-19(28)11-18(24(30)31-5-2)21-20(29)14-25(27-23(21)22)12-16-8-6-7-9-17(16)13-25/h4,6-9,18,21H,1,5,10-14H2,2-3H3. The lowest BCUT2D eigenvalue weighted by molar-refractivity contribution is -0.151. The van der Waals surface area contributed by atoms with E-state index in [2.05, 4.69) is 23.3 Å². The summed E-state index contributed by atoms with van der Waals surface area (Å²) in [5.41, 5.74) is 4.43. The molecule has 1 aliphatic heterocycles. The number of imidazole rings is 1. The zero-order valence-electron chi connectivity index (χ0n) is 18.1. The number of fused-ring (bicyclic) bond motifs is 4. The summed E-state index contributed by atoms with van der Waals surface area (Å²) in [5, 5.41) is 0. The summed E-state index contributed by atoms with van der Waals surface area (Å²) in [4.78, 5) is 36.5. The molecule has 1 spiro atoms. The monoisotopic (exact) mass is 417 g/mol. The number of ether oxygens (including phenoxy) is 1. The lowest BCUT2D eigenvalue weighted by atomic mass is 9.70. The third kappa shape index (κ3) is 3.08. The molecule has 0 amide bonds. The van der Waals surface area contributed by atoms with Gasteiger partial charge in [-0.05, 0) is 37.8 Å². The van der Waals surface area contributed by atoms with Crippen LogP contribution in [0, 0.1) is 18.8 Å². The van der Waals surface area contributed by atoms with Gasteiger partial charge in [-0.3, -0.25) is 14.6 Å². The number of hydrogen-bond donors (Lipinski definition) is 0. The molecule has 5 rings (SSSR count). The summed E-state index contributed by atoms with van der Waals surface area (Å²) in [5.74, 6) is -0.532. The fraction of sp³-hybridized carbons (Fsp3) is 0.440. The van der Waals surface area contributed by atoms with Crippen molar-refractivity contribution < 1.29 is 14.3 Å². The summed E-state index contributed by atoms with van der Waals surface area (Å²) in [6.07, 6.45) is 4.11. The zero-order valence-corrected chi connectivity index (χ0v) is 18.1. The van der Waals surface area contributed by atoms with E-state index in [-0.39, 0.29) is 11.8 Å². The molecule has 3 aliphatic rings. The van der Waals surface area contributed by atoms with Crippen LogP contribution < -0.4 is 0 Å². The number of aromatic nitrogens is 2. The van der Waals surface area contributed by atoms with Crippen molar-refractivity contribution in [2.45, 2.75) is 51.6 Å². The second kappa shape index (κ2) is 7.29. The number of nitrogens with zero attached hydrogens (tertiary/aromatic N) is 3. The first kappa shape index (κ1) is 19.9. The van der Waals surface area contributed by atoms with Gasteiger partial charge in [-0.1, -0.05) is 30.3 Å². The van der Waals surface area contributed by atoms with E-state index >= 15 is 0 Å². The number of benzene rings is 1. The van der Waals surface area contributed by atoms with Crippen molar-refractivity contribution in [1.29, 1.82) is 0 Å². The zero-order chi connectivity index (χ0) is 21.8. The molecule has 6 heteroatoms. The summed E-state index contributed by atoms with van der Waals surface area (Å²) in [6.45, 7) is 8.49. The number of allylic oxidation sites excluding steroid dienone is 1. The highest BCUT2D eigenvalue weighted by Crippen LogP contribution is 2.44. The van der Waals surface area contributed by atoms with Gasteiger partial charge in [0.1, 0.15) is 17.3 Å². The van der Waals surface area contributed by atoms with Crippen molar-refractivity contribution >= 4 is 17.5 Å². The summed E-state index contributed by atoms with van der Waals surface area (Å²) < 4.78 is 7.44. The number of ketones is 1. The molecule has 2 unspecified atom stereocenters. The molecule has 0 N–H and O–H groups in total. The molecule has 6 nitrogen and oxygen atoms in total. The van der Waals surface area contributed by atoms with Crippen LogP contribution >= 0.6 is 0 Å². The molecule has 2 aliphatic carbocycles. The molecule has 2 heterocycles. The topological polar surface area (TPSA) is 73.6 Å². The van der Waals surface area contributed by atoms with Gasteiger partial charge in [0.2, 0.25) is 0 Å². The van der Waals surface area contributed by atoms with Gasteiger partial charge >= 0.3 is 5.97 Å². The van der Waals surface area contributed by atoms with Gasteiger partial charge in [0.05, 0.1) is 29.7 Å². The third-order valence-electron chi connectivity index (χ3n) is 6.88. The van der Waals surface area contributed by atoms with Crippen molar-refractivity contribution in [2.24, 2.45) is 16.8 Å². The average molecular weight is 418 g/mol. The fourth-order valence-corrected chi connectivity index (χ4v) is 5.63. The van der Waals surface area contributed by atoms with E-state index < -0.39 is 17.4 Å². The van der Waals surface area contributed by atoms with Crippen LogP contribution in [-0.2, 0) is 40.1 Å². The molecule has 0 saturated carbocycles. The van der Waals surface area contributed by atoms with E-state index in [1.54, 1.807) is 6.92 Å². The van der Waals surface area contributed by atoms with Crippen molar-refractivity contribution in [3.8, 4) is 0 Å². The van der Waals surface area contributed by atoms with E-state index in [1.807, 2.05) is 25.1 Å². The van der Waals surface area contributed by atoms with Crippen LogP contribution in [0.5, 0.6) is 0 Å². The molecule has 160 valence electrons. The largest absolute Gasteiger partial charge is 0.466 e. The lowest BCUT2D eigenvalue weighted by Gasteiger charge is -2.38. The maximum Gasteiger partial charge on any atom is 0.310 e. The highest BCUT2D eigenvalue weighted by Gasteiger charge is 2.52. The molecule has 0 saturated heterocycles. The SMILES string of the molecule is C=CCn1c(C)nc2c1CC(C(=O)OCC)C1C(=O)CC3(Cc4ccccc4C3)N=C21. The maximum atomic E-state index is 13.5. The van der Waals surface area contributed by atoms with Gasteiger partial charge in [0, 0.05) is 25.1 Å². The third-order valence-corrected chi connectivity index (χ3v) is 6.88. The number of rotatable bonds is 4. The van der Waals surface area contributed by atoms with E-state index in [9.17, 15) is 9.59 Å². The van der Waals surface area contributed by atoms with Gasteiger partial charge in [0.25, 0.3) is 0 Å². The first-order chi connectivity index (χ1) is 15.0. The first-order valence-electron chi connectivity index (χ1n) is 11.0. The van der Waals surface area contributed by atoms with Gasteiger partial charge in [-0.25, -0.2) is 4.98 Å². The predicted octanol–water partition coefficient (Wildman–Crippen LogP) is 3.03. The minimum Gasteiger partial charge on any atom is -0.466 e. The molecular weight excluding hydrogens is 390 g/mol. The summed E-state index contributed by atoms with van der Waals surface area (Å²) >= 11 is 0. The van der Waals surface area contributed by atoms with Crippen LogP contribution in [-0.4, -0.2) is 39.2 Å². The van der Waals surface area contributed by atoms with Crippen LogP contribution in [0.4, 0.5) is 0 Å². The maximum absolute atomic E-state index is 13.5. The highest BCUT2D eigenvalue weighted by atomic mass is 16.5. The van der Waals surface area contributed by atoms with Crippen molar-refractivity contribution in [3.63, 3.8) is 0 Å². The Bertz CT molecular complexity index is 1100. The lowest BCUT2D eigenvalue weighted by Crippen LogP contribution is -2.50. The van der Waals surface area contributed by atoms with Gasteiger partial charge in [-0.15, -0.1) is 6.58 Å². The average Bonchev–Trinajstić information content (AvgIpc) is 3.24. The van der Waals surface area contributed by atoms with E-state index in [4.69, 9.17) is 14.7 Å². The number of esters is 1. The van der Waals surface area contributed by atoms with Gasteiger partial charge in [0.15, 0.2) is 0 Å². The highest BCUT2D eigenvalue weighted by molar-refractivity contribution is 6.18. The van der Waals surface area contributed by atoms with Crippen LogP contribution in [0.1, 0.15) is 41.7 Å². The Morgan fingerprint density at radius 3 is 2.65 bits per heavy atom. The predicted molar refractivity (Wildman–Crippen MR) is 117 cm³/mol. The molecule has 0 fully saturated rings. The minimum atomic E-state index is -0.577. The quantitative estimate of drug-likeness (QED) is 0.566. The number of aliphatic imine (C=N–C) groups is 1. The van der Waals surface area contributed by atoms with Crippen LogP contribution in [0.25, 0.3) is 0 Å². The normalized spacial score (nSPS) is 23.0. The molecule has 0 bridgehead atoms. The second-order valence-electron chi connectivity index (χ2n) is 8.88. The molecule has 2 aromatic rings. The molecule has 0 radical (unpaired) electrons. The van der Waals surface area contributed by atoms with Crippen molar-refractivity contribution in [3.05, 3.63) is 65.3 Å². The Morgan fingerprint density at radius 1 is 1.29 bits per heavy atom. The van der Waals surface area contributed by atoms with Crippen LogP contribution in [0.2, 0.25) is 0 Å². The van der Waals surface area contributed by atoms with Crippen LogP contribution in [0.3, 0.4) is 0 Å². The molecule has 1 aromatic carbocycles. The fourth-order valence-electron chi connectivity index (χ4n) is 5.63. The van der Waals surface area contributed by atoms with E-state index in [1.165, 1.54) is 11.1 Å². The Kier molecular flexibility index (Phi) is 4.68. The second-order valence-corrected chi connectivity index (χ2v) is 8.88. The molecular formula is C25H27N3O3. The first-order valence-corrected chi connectivity index (χ1v) is 11.0.